The summed E-state index contributed by atoms with van der Waals surface area (Å²) in [5.41, 5.74) is 1.66. The lowest BCUT2D eigenvalue weighted by molar-refractivity contribution is -0.137. The standard InChI is InChI=1S/C26H35NO2S/c28-25(27-17-19-29-20-18-27)21-26(14-4-5-15-26)16-13-24-12-11-23(30-24)10-6-9-22-7-2-1-3-8-22/h1-3,7-8,11-12H,4-6,9-10,13-21H2. The lowest BCUT2D eigenvalue weighted by Crippen LogP contribution is -2.42. The van der Waals surface area contributed by atoms with Gasteiger partial charge in [-0.15, -0.1) is 11.3 Å². The van der Waals surface area contributed by atoms with Crippen molar-refractivity contribution in [1.29, 1.82) is 0 Å². The van der Waals surface area contributed by atoms with Crippen LogP contribution in [0.25, 0.3) is 0 Å². The third-order valence-corrected chi connectivity index (χ3v) is 8.11. The lowest BCUT2D eigenvalue weighted by Gasteiger charge is -2.33. The molecular weight excluding hydrogens is 390 g/mol. The number of morpholine rings is 1. The molecule has 2 aromatic rings. The van der Waals surface area contributed by atoms with Crippen molar-refractivity contribution >= 4 is 17.2 Å². The molecule has 1 amide bonds. The lowest BCUT2D eigenvalue weighted by atomic mass is 9.78. The van der Waals surface area contributed by atoms with E-state index in [1.54, 1.807) is 0 Å². The van der Waals surface area contributed by atoms with E-state index in [9.17, 15) is 4.79 Å². The van der Waals surface area contributed by atoms with E-state index in [1.807, 2.05) is 16.2 Å². The first kappa shape index (κ1) is 21.6. The molecule has 0 radical (unpaired) electrons. The zero-order valence-electron chi connectivity index (χ0n) is 18.1. The van der Waals surface area contributed by atoms with Gasteiger partial charge in [-0.1, -0.05) is 43.2 Å². The maximum absolute atomic E-state index is 12.9. The maximum atomic E-state index is 12.9. The van der Waals surface area contributed by atoms with E-state index in [-0.39, 0.29) is 5.41 Å². The van der Waals surface area contributed by atoms with Crippen molar-refractivity contribution in [1.82, 2.24) is 4.90 Å². The number of thiophene rings is 1. The van der Waals surface area contributed by atoms with Crippen molar-refractivity contribution in [3.63, 3.8) is 0 Å². The largest absolute Gasteiger partial charge is 0.378 e. The van der Waals surface area contributed by atoms with Crippen molar-refractivity contribution in [3.05, 3.63) is 57.8 Å². The first-order valence-electron chi connectivity index (χ1n) is 11.7. The van der Waals surface area contributed by atoms with Crippen LogP contribution in [0.3, 0.4) is 0 Å². The van der Waals surface area contributed by atoms with Crippen LogP contribution in [0, 0.1) is 5.41 Å². The van der Waals surface area contributed by atoms with E-state index in [1.165, 1.54) is 53.8 Å². The number of aryl methyl sites for hydroxylation is 3. The Bertz CT molecular complexity index is 788. The number of hydrogen-bond donors (Lipinski definition) is 0. The Morgan fingerprint density at radius 3 is 2.37 bits per heavy atom. The zero-order chi connectivity index (χ0) is 20.7. The fourth-order valence-corrected chi connectivity index (χ4v) is 6.14. The molecule has 1 saturated carbocycles. The molecule has 1 aromatic carbocycles. The molecule has 0 spiro atoms. The highest BCUT2D eigenvalue weighted by molar-refractivity contribution is 7.11. The Kier molecular flexibility index (Phi) is 7.62. The van der Waals surface area contributed by atoms with Crippen LogP contribution in [0.15, 0.2) is 42.5 Å². The number of carbonyl (C=O) groups excluding carboxylic acids is 1. The minimum atomic E-state index is 0.229. The number of benzene rings is 1. The minimum absolute atomic E-state index is 0.229. The molecule has 30 heavy (non-hydrogen) atoms. The number of amides is 1. The molecule has 2 aliphatic rings. The van der Waals surface area contributed by atoms with Gasteiger partial charge in [0.15, 0.2) is 0 Å². The van der Waals surface area contributed by atoms with Gasteiger partial charge in [-0.05, 0) is 68.1 Å². The van der Waals surface area contributed by atoms with Gasteiger partial charge in [0.2, 0.25) is 5.91 Å². The van der Waals surface area contributed by atoms with Gasteiger partial charge in [0.25, 0.3) is 0 Å². The smallest absolute Gasteiger partial charge is 0.223 e. The Balaban J connectivity index is 1.26. The minimum Gasteiger partial charge on any atom is -0.378 e. The number of rotatable bonds is 9. The molecular formula is C26H35NO2S. The second-order valence-corrected chi connectivity index (χ2v) is 10.3. The van der Waals surface area contributed by atoms with E-state index in [0.29, 0.717) is 19.1 Å². The second-order valence-electron chi connectivity index (χ2n) is 9.08. The summed E-state index contributed by atoms with van der Waals surface area (Å²) in [4.78, 5) is 17.9. The highest BCUT2D eigenvalue weighted by Gasteiger charge is 2.37. The summed E-state index contributed by atoms with van der Waals surface area (Å²) in [5.74, 6) is 0.355. The first-order valence-corrected chi connectivity index (χ1v) is 12.5. The van der Waals surface area contributed by atoms with E-state index >= 15 is 0 Å². The van der Waals surface area contributed by atoms with Gasteiger partial charge in [-0.25, -0.2) is 0 Å². The van der Waals surface area contributed by atoms with Gasteiger partial charge in [-0.2, -0.15) is 0 Å². The van der Waals surface area contributed by atoms with Gasteiger partial charge in [-0.3, -0.25) is 4.79 Å². The number of carbonyl (C=O) groups is 1. The van der Waals surface area contributed by atoms with Crippen molar-refractivity contribution in [2.75, 3.05) is 26.3 Å². The molecule has 4 rings (SSSR count). The van der Waals surface area contributed by atoms with Crippen LogP contribution in [0.2, 0.25) is 0 Å². The Labute approximate surface area is 185 Å². The van der Waals surface area contributed by atoms with Crippen LogP contribution in [0.5, 0.6) is 0 Å². The fourth-order valence-electron chi connectivity index (χ4n) is 5.08. The molecule has 0 unspecified atom stereocenters. The number of hydrogen-bond acceptors (Lipinski definition) is 3. The highest BCUT2D eigenvalue weighted by Crippen LogP contribution is 2.45. The van der Waals surface area contributed by atoms with E-state index in [4.69, 9.17) is 4.74 Å². The quantitative estimate of drug-likeness (QED) is 0.518. The molecule has 3 nitrogen and oxygen atoms in total. The summed E-state index contributed by atoms with van der Waals surface area (Å²) < 4.78 is 5.41. The second kappa shape index (κ2) is 10.6. The van der Waals surface area contributed by atoms with Gasteiger partial charge >= 0.3 is 0 Å². The van der Waals surface area contributed by atoms with Gasteiger partial charge in [0.05, 0.1) is 13.2 Å². The maximum Gasteiger partial charge on any atom is 0.223 e. The van der Waals surface area contributed by atoms with Gasteiger partial charge in [0.1, 0.15) is 0 Å². The average Bonchev–Trinajstić information content (AvgIpc) is 3.44. The molecule has 2 fully saturated rings. The fraction of sp³-hybridized carbons (Fsp3) is 0.577. The predicted octanol–water partition coefficient (Wildman–Crippen LogP) is 5.67. The molecule has 1 aliphatic heterocycles. The predicted molar refractivity (Wildman–Crippen MR) is 124 cm³/mol. The monoisotopic (exact) mass is 425 g/mol. The third-order valence-electron chi connectivity index (χ3n) is 6.90. The van der Waals surface area contributed by atoms with Gasteiger partial charge < -0.3 is 9.64 Å². The van der Waals surface area contributed by atoms with Crippen molar-refractivity contribution in [3.8, 4) is 0 Å². The van der Waals surface area contributed by atoms with Crippen molar-refractivity contribution < 1.29 is 9.53 Å². The summed E-state index contributed by atoms with van der Waals surface area (Å²) in [6.45, 7) is 2.93. The van der Waals surface area contributed by atoms with E-state index < -0.39 is 0 Å². The Morgan fingerprint density at radius 2 is 1.63 bits per heavy atom. The molecule has 162 valence electrons. The molecule has 2 heterocycles. The highest BCUT2D eigenvalue weighted by atomic mass is 32.1. The summed E-state index contributed by atoms with van der Waals surface area (Å²) >= 11 is 1.99. The number of ether oxygens (including phenoxy) is 1. The van der Waals surface area contributed by atoms with Crippen LogP contribution >= 0.6 is 11.3 Å². The van der Waals surface area contributed by atoms with Crippen LogP contribution in [-0.4, -0.2) is 37.1 Å². The molecule has 0 atom stereocenters. The summed E-state index contributed by atoms with van der Waals surface area (Å²) in [6, 6.07) is 15.4. The summed E-state index contributed by atoms with van der Waals surface area (Å²) in [5, 5.41) is 0. The van der Waals surface area contributed by atoms with Crippen LogP contribution in [0.1, 0.15) is 60.3 Å². The Morgan fingerprint density at radius 1 is 0.933 bits per heavy atom. The SMILES string of the molecule is O=C(CC1(CCc2ccc(CCCc3ccccc3)s2)CCCC1)N1CCOCC1. The number of nitrogens with zero attached hydrogens (tertiary/aromatic N) is 1. The zero-order valence-corrected chi connectivity index (χ0v) is 18.9. The molecule has 1 aliphatic carbocycles. The van der Waals surface area contributed by atoms with Crippen LogP contribution in [-0.2, 0) is 28.8 Å². The topological polar surface area (TPSA) is 29.5 Å². The average molecular weight is 426 g/mol. The van der Waals surface area contributed by atoms with Crippen molar-refractivity contribution in [2.45, 2.75) is 64.2 Å². The van der Waals surface area contributed by atoms with Crippen LogP contribution < -0.4 is 0 Å². The van der Waals surface area contributed by atoms with Crippen molar-refractivity contribution in [2.24, 2.45) is 5.41 Å². The van der Waals surface area contributed by atoms with E-state index in [0.717, 1.165) is 38.8 Å². The van der Waals surface area contributed by atoms with E-state index in [2.05, 4.69) is 42.5 Å². The third kappa shape index (κ3) is 5.95. The normalized spacial score (nSPS) is 18.6. The Hall–Kier alpha value is -1.65. The molecule has 0 bridgehead atoms. The summed E-state index contributed by atoms with van der Waals surface area (Å²) in [7, 11) is 0. The molecule has 1 saturated heterocycles. The van der Waals surface area contributed by atoms with Crippen LogP contribution in [0.4, 0.5) is 0 Å². The molecule has 4 heteroatoms. The first-order chi connectivity index (χ1) is 14.7. The summed E-state index contributed by atoms with van der Waals surface area (Å²) in [6.07, 6.45) is 11.6. The molecule has 1 aromatic heterocycles. The van der Waals surface area contributed by atoms with Gasteiger partial charge in [0, 0.05) is 29.3 Å². The molecule has 0 N–H and O–H groups in total.